The van der Waals surface area contributed by atoms with Crippen molar-refractivity contribution in [2.75, 3.05) is 0 Å². The van der Waals surface area contributed by atoms with Gasteiger partial charge < -0.3 is 33.1 Å². The third-order valence-electron chi connectivity index (χ3n) is 0. The minimum atomic E-state index is -5.17. The molecule has 0 saturated heterocycles. The minimum Gasteiger partial charge on any atom is -1.00 e. The predicted octanol–water partition coefficient (Wildman–Crippen LogP) is -7.71. The zero-order chi connectivity index (χ0) is 4.50. The molecule has 0 bridgehead atoms. The van der Waals surface area contributed by atoms with Crippen molar-refractivity contribution in [2.45, 2.75) is 0 Å². The largest absolute Gasteiger partial charge is 2.00 e. The molecule has 0 spiro atoms. The van der Waals surface area contributed by atoms with Crippen LogP contribution in [0.15, 0.2) is 0 Å². The summed E-state index contributed by atoms with van der Waals surface area (Å²) >= 11 is 0. The van der Waals surface area contributed by atoms with Gasteiger partial charge in [-0.05, 0) is 0 Å². The van der Waals surface area contributed by atoms with Gasteiger partial charge in [0.05, 0.1) is 0 Å². The van der Waals surface area contributed by atoms with E-state index in [0.29, 0.717) is 0 Å². The standard InChI is InChI=1S/Ca.HI.Li.H2O4S/c;;;1-5(2,3)4/h;1H;;(H2,1,2,3,4)/q+2;;+1;/p-3. The van der Waals surface area contributed by atoms with Crippen molar-refractivity contribution in [3.63, 3.8) is 0 Å². The van der Waals surface area contributed by atoms with E-state index in [9.17, 15) is 0 Å². The van der Waals surface area contributed by atoms with Crippen molar-refractivity contribution >= 4 is 48.1 Å². The molecule has 0 atom stereocenters. The van der Waals surface area contributed by atoms with Crippen LogP contribution in [0.2, 0.25) is 0 Å². The Kier molecular flexibility index (Phi) is 26.5. The Hall–Kier alpha value is 2.46. The van der Waals surface area contributed by atoms with E-state index in [2.05, 4.69) is 0 Å². The fraction of sp³-hybridized carbons (Fsp3) is 0. The summed E-state index contributed by atoms with van der Waals surface area (Å²) in [5.74, 6) is 0. The van der Waals surface area contributed by atoms with E-state index in [1.54, 1.807) is 0 Å². The number of rotatable bonds is 0. The van der Waals surface area contributed by atoms with Gasteiger partial charge in [-0.3, -0.25) is 8.42 Å². The maximum atomic E-state index is 8.52. The average Bonchev–Trinajstić information content (AvgIpc) is 0.722. The Bertz CT molecular complexity index is 99.2. The second-order valence-electron chi connectivity index (χ2n) is 0.408. The molecule has 40 valence electrons. The quantitative estimate of drug-likeness (QED) is 0.189. The second-order valence-corrected chi connectivity index (χ2v) is 1.22. The van der Waals surface area contributed by atoms with Gasteiger partial charge in [0.2, 0.25) is 0 Å². The topological polar surface area (TPSA) is 80.3 Å². The molecular formula is CaILiO4S. The van der Waals surface area contributed by atoms with Crippen LogP contribution in [0.3, 0.4) is 0 Å². The zero-order valence-electron chi connectivity index (χ0n) is 4.13. The van der Waals surface area contributed by atoms with Crippen LogP contribution in [0.25, 0.3) is 0 Å². The first-order valence-corrected chi connectivity index (χ1v) is 2.00. The van der Waals surface area contributed by atoms with Crippen molar-refractivity contribution in [3.05, 3.63) is 0 Å². The van der Waals surface area contributed by atoms with Gasteiger partial charge in [0.15, 0.2) is 0 Å². The molecule has 0 unspecified atom stereocenters. The van der Waals surface area contributed by atoms with Crippen molar-refractivity contribution in [1.29, 1.82) is 0 Å². The van der Waals surface area contributed by atoms with Crippen LogP contribution in [0.5, 0.6) is 0 Å². The fourth-order valence-corrected chi connectivity index (χ4v) is 0. The van der Waals surface area contributed by atoms with E-state index in [0.717, 1.165) is 0 Å². The normalized spacial score (nSPS) is 7.25. The van der Waals surface area contributed by atoms with Crippen LogP contribution in [0.4, 0.5) is 0 Å². The fourth-order valence-electron chi connectivity index (χ4n) is 0. The van der Waals surface area contributed by atoms with E-state index in [4.69, 9.17) is 17.5 Å². The molecule has 0 fully saturated rings. The first-order valence-electron chi connectivity index (χ1n) is 0.667. The van der Waals surface area contributed by atoms with Crippen LogP contribution in [-0.4, -0.2) is 55.3 Å². The van der Waals surface area contributed by atoms with Gasteiger partial charge in [-0.1, -0.05) is 0 Å². The maximum absolute atomic E-state index is 8.52. The molecule has 8 heavy (non-hydrogen) atoms. The van der Waals surface area contributed by atoms with E-state index < -0.39 is 10.4 Å². The third-order valence-corrected chi connectivity index (χ3v) is 0. The van der Waals surface area contributed by atoms with Gasteiger partial charge in [-0.15, -0.1) is 0 Å². The van der Waals surface area contributed by atoms with Gasteiger partial charge in [-0.2, -0.15) is 0 Å². The summed E-state index contributed by atoms with van der Waals surface area (Å²) < 4.78 is 34.1. The molecule has 0 aromatic carbocycles. The molecule has 0 heterocycles. The van der Waals surface area contributed by atoms with E-state index in [1.807, 2.05) is 0 Å². The smallest absolute Gasteiger partial charge is 1.00 e. The summed E-state index contributed by atoms with van der Waals surface area (Å²) in [5, 5.41) is 0. The van der Waals surface area contributed by atoms with Crippen molar-refractivity contribution in [1.82, 2.24) is 0 Å². The molecular weight excluding hydrogens is 270 g/mol. The number of hydrogen-bond donors (Lipinski definition) is 0. The SMILES string of the molecule is O=S(=O)([O-])[O-].[Ca+2].[I-].[Li+]. The molecule has 0 N–H and O–H groups in total. The average molecular weight is 270 g/mol. The van der Waals surface area contributed by atoms with Crippen LogP contribution in [0, 0.1) is 0 Å². The summed E-state index contributed by atoms with van der Waals surface area (Å²) in [6, 6.07) is 0. The van der Waals surface area contributed by atoms with Gasteiger partial charge in [-0.25, -0.2) is 0 Å². The van der Waals surface area contributed by atoms with Crippen LogP contribution in [-0.2, 0) is 10.4 Å². The monoisotopic (exact) mass is 270 g/mol. The molecule has 0 aromatic heterocycles. The maximum Gasteiger partial charge on any atom is 2.00 e. The summed E-state index contributed by atoms with van der Waals surface area (Å²) in [6.07, 6.45) is 0. The Morgan fingerprint density at radius 1 is 1.12 bits per heavy atom. The van der Waals surface area contributed by atoms with Crippen LogP contribution >= 0.6 is 0 Å². The van der Waals surface area contributed by atoms with E-state index in [1.165, 1.54) is 0 Å². The summed E-state index contributed by atoms with van der Waals surface area (Å²) in [6.45, 7) is 0. The Balaban J connectivity index is -0.0000000267. The van der Waals surface area contributed by atoms with E-state index in [-0.39, 0.29) is 80.6 Å². The summed E-state index contributed by atoms with van der Waals surface area (Å²) in [5.41, 5.74) is 0. The number of halogens is 1. The molecule has 0 rings (SSSR count). The molecule has 0 aliphatic heterocycles. The van der Waals surface area contributed by atoms with Gasteiger partial charge >= 0.3 is 56.6 Å². The molecule has 0 aliphatic carbocycles. The Morgan fingerprint density at radius 2 is 1.12 bits per heavy atom. The van der Waals surface area contributed by atoms with Gasteiger partial charge in [0.25, 0.3) is 0 Å². The third kappa shape index (κ3) is 77.9. The number of hydrogen-bond acceptors (Lipinski definition) is 4. The van der Waals surface area contributed by atoms with E-state index >= 15 is 0 Å². The van der Waals surface area contributed by atoms with Crippen molar-refractivity contribution in [3.8, 4) is 0 Å². The Labute approximate surface area is 107 Å². The van der Waals surface area contributed by atoms with Crippen LogP contribution in [0.1, 0.15) is 0 Å². The Morgan fingerprint density at radius 3 is 1.12 bits per heavy atom. The zero-order valence-corrected chi connectivity index (χ0v) is 9.31. The molecule has 0 aromatic rings. The second kappa shape index (κ2) is 9.46. The van der Waals surface area contributed by atoms with Crippen molar-refractivity contribution < 1.29 is 60.4 Å². The van der Waals surface area contributed by atoms with Crippen LogP contribution < -0.4 is 42.8 Å². The molecule has 0 aliphatic rings. The molecule has 0 saturated carbocycles. The molecule has 4 nitrogen and oxygen atoms in total. The predicted molar refractivity (Wildman–Crippen MR) is 16.2 cm³/mol. The first-order chi connectivity index (χ1) is 2.00. The van der Waals surface area contributed by atoms with Gasteiger partial charge in [0.1, 0.15) is 0 Å². The molecule has 0 amide bonds. The van der Waals surface area contributed by atoms with Gasteiger partial charge in [0, 0.05) is 10.4 Å². The summed E-state index contributed by atoms with van der Waals surface area (Å²) in [4.78, 5) is 0. The first kappa shape index (κ1) is 22.4. The summed E-state index contributed by atoms with van der Waals surface area (Å²) in [7, 11) is -5.17. The molecule has 8 heteroatoms. The van der Waals surface area contributed by atoms with Crippen molar-refractivity contribution in [2.24, 2.45) is 0 Å². The minimum absolute atomic E-state index is 0. The molecule has 0 radical (unpaired) electrons.